The Labute approximate surface area is 136 Å². The molecule has 0 fully saturated rings. The molecule has 1 heterocycles. The van der Waals surface area contributed by atoms with Gasteiger partial charge in [-0.15, -0.1) is 0 Å². The number of nitrogens with zero attached hydrogens (tertiary/aromatic N) is 1. The maximum atomic E-state index is 11.8. The summed E-state index contributed by atoms with van der Waals surface area (Å²) in [6.07, 6.45) is 0. The van der Waals surface area contributed by atoms with Crippen LogP contribution in [0.1, 0.15) is 16.3 Å². The Hall–Kier alpha value is -3.36. The van der Waals surface area contributed by atoms with Gasteiger partial charge in [0.25, 0.3) is 5.91 Å². The second-order valence-electron chi connectivity index (χ2n) is 4.54. The minimum absolute atomic E-state index is 0.0138. The summed E-state index contributed by atoms with van der Waals surface area (Å²) >= 11 is 0. The van der Waals surface area contributed by atoms with Crippen molar-refractivity contribution in [2.75, 3.05) is 13.7 Å². The van der Waals surface area contributed by atoms with Crippen molar-refractivity contribution >= 4 is 17.6 Å². The lowest BCUT2D eigenvalue weighted by atomic mass is 10.3. The third-order valence-electron chi connectivity index (χ3n) is 2.94. The third-order valence-corrected chi connectivity index (χ3v) is 2.94. The number of esters is 1. The van der Waals surface area contributed by atoms with E-state index in [0.717, 1.165) is 0 Å². The molecule has 0 spiro atoms. The van der Waals surface area contributed by atoms with E-state index in [1.165, 1.54) is 37.4 Å². The van der Waals surface area contributed by atoms with Crippen molar-refractivity contribution in [3.63, 3.8) is 0 Å². The monoisotopic (exact) mass is 334 g/mol. The van der Waals surface area contributed by atoms with Crippen molar-refractivity contribution in [1.29, 1.82) is 0 Å². The Morgan fingerprint density at radius 1 is 1.25 bits per heavy atom. The van der Waals surface area contributed by atoms with Gasteiger partial charge in [0.05, 0.1) is 12.0 Å². The van der Waals surface area contributed by atoms with Gasteiger partial charge in [-0.05, 0) is 18.2 Å². The molecule has 126 valence electrons. The van der Waals surface area contributed by atoms with Crippen LogP contribution in [-0.4, -0.2) is 30.5 Å². The average molecular weight is 334 g/mol. The lowest BCUT2D eigenvalue weighted by Crippen LogP contribution is -2.29. The Bertz CT molecular complexity index is 754. The molecule has 2 rings (SSSR count). The first-order valence-electron chi connectivity index (χ1n) is 6.81. The van der Waals surface area contributed by atoms with Crippen LogP contribution in [0.15, 0.2) is 40.8 Å². The first-order chi connectivity index (χ1) is 11.5. The Balaban J connectivity index is 1.96. The number of carbonyl (C=O) groups is 2. The molecule has 1 aromatic heterocycles. The van der Waals surface area contributed by atoms with Crippen LogP contribution in [0, 0.1) is 10.1 Å². The van der Waals surface area contributed by atoms with Crippen molar-refractivity contribution in [2.45, 2.75) is 6.61 Å². The van der Waals surface area contributed by atoms with E-state index in [4.69, 9.17) is 9.15 Å². The zero-order valence-corrected chi connectivity index (χ0v) is 12.7. The number of carbonyl (C=O) groups excluding carboxylic acids is 2. The quantitative estimate of drug-likeness (QED) is 0.464. The van der Waals surface area contributed by atoms with Gasteiger partial charge in [-0.3, -0.25) is 19.7 Å². The summed E-state index contributed by atoms with van der Waals surface area (Å²) in [5.41, 5.74) is -0.167. The van der Waals surface area contributed by atoms with Gasteiger partial charge in [0.15, 0.2) is 11.5 Å². The second kappa shape index (κ2) is 7.77. The summed E-state index contributed by atoms with van der Waals surface area (Å²) in [7, 11) is 1.21. The van der Waals surface area contributed by atoms with Crippen molar-refractivity contribution in [3.8, 4) is 5.75 Å². The van der Waals surface area contributed by atoms with Crippen LogP contribution < -0.4 is 10.1 Å². The van der Waals surface area contributed by atoms with E-state index in [9.17, 15) is 19.7 Å². The molecule has 0 aliphatic carbocycles. The molecule has 0 aliphatic heterocycles. The summed E-state index contributed by atoms with van der Waals surface area (Å²) in [6.45, 7) is -0.368. The van der Waals surface area contributed by atoms with E-state index in [1.54, 1.807) is 6.07 Å². The third kappa shape index (κ3) is 4.32. The summed E-state index contributed by atoms with van der Waals surface area (Å²) in [6, 6.07) is 8.83. The number of methoxy groups -OCH3 is 1. The standard InChI is InChI=1S/C15H14N2O7/c1-22-14(18)8-16-15(19)13-7-6-10(24-13)9-23-12-5-3-2-4-11(12)17(20)21/h2-7H,8-9H2,1H3,(H,16,19). The smallest absolute Gasteiger partial charge is 0.325 e. The van der Waals surface area contributed by atoms with Gasteiger partial charge in [0.1, 0.15) is 18.9 Å². The predicted octanol–water partition coefficient (Wildman–Crippen LogP) is 1.67. The molecule has 0 atom stereocenters. The summed E-state index contributed by atoms with van der Waals surface area (Å²) in [5.74, 6) is -0.792. The van der Waals surface area contributed by atoms with Crippen LogP contribution in [0.3, 0.4) is 0 Å². The van der Waals surface area contributed by atoms with Crippen molar-refractivity contribution in [3.05, 3.63) is 58.0 Å². The summed E-state index contributed by atoms with van der Waals surface area (Å²) in [5, 5.41) is 13.2. The molecule has 1 N–H and O–H groups in total. The summed E-state index contributed by atoms with van der Waals surface area (Å²) in [4.78, 5) is 33.0. The number of ether oxygens (including phenoxy) is 2. The highest BCUT2D eigenvalue weighted by atomic mass is 16.6. The molecule has 0 saturated heterocycles. The van der Waals surface area contributed by atoms with Crippen molar-refractivity contribution < 1.29 is 28.4 Å². The fourth-order valence-electron chi connectivity index (χ4n) is 1.77. The van der Waals surface area contributed by atoms with Gasteiger partial charge >= 0.3 is 11.7 Å². The maximum absolute atomic E-state index is 11.8. The minimum atomic E-state index is -0.588. The number of benzene rings is 1. The van der Waals surface area contributed by atoms with E-state index in [0.29, 0.717) is 5.76 Å². The molecule has 0 saturated carbocycles. The molecule has 1 aromatic carbocycles. The molecular weight excluding hydrogens is 320 g/mol. The molecule has 0 radical (unpaired) electrons. The number of furan rings is 1. The number of para-hydroxylation sites is 2. The molecular formula is C15H14N2O7. The van der Waals surface area contributed by atoms with Gasteiger partial charge in [-0.2, -0.15) is 0 Å². The molecule has 1 amide bonds. The highest BCUT2D eigenvalue weighted by Crippen LogP contribution is 2.26. The van der Waals surface area contributed by atoms with Crippen LogP contribution >= 0.6 is 0 Å². The Morgan fingerprint density at radius 2 is 2.00 bits per heavy atom. The first kappa shape index (κ1) is 17.0. The zero-order valence-electron chi connectivity index (χ0n) is 12.7. The molecule has 0 bridgehead atoms. The van der Waals surface area contributed by atoms with Crippen LogP contribution in [-0.2, 0) is 16.1 Å². The molecule has 0 unspecified atom stereocenters. The SMILES string of the molecule is COC(=O)CNC(=O)c1ccc(COc2ccccc2[N+](=O)[O-])o1. The van der Waals surface area contributed by atoms with E-state index in [1.807, 2.05) is 0 Å². The second-order valence-corrected chi connectivity index (χ2v) is 4.54. The van der Waals surface area contributed by atoms with Crippen molar-refractivity contribution in [2.24, 2.45) is 0 Å². The molecule has 2 aromatic rings. The van der Waals surface area contributed by atoms with Gasteiger partial charge in [0, 0.05) is 6.07 Å². The zero-order chi connectivity index (χ0) is 17.5. The average Bonchev–Trinajstić information content (AvgIpc) is 3.06. The molecule has 9 heteroatoms. The van der Waals surface area contributed by atoms with Gasteiger partial charge < -0.3 is 19.2 Å². The van der Waals surface area contributed by atoms with Gasteiger partial charge in [-0.1, -0.05) is 12.1 Å². The van der Waals surface area contributed by atoms with Crippen LogP contribution in [0.25, 0.3) is 0 Å². The van der Waals surface area contributed by atoms with Crippen LogP contribution in [0.2, 0.25) is 0 Å². The number of hydrogen-bond acceptors (Lipinski definition) is 7. The number of nitro benzene ring substituents is 1. The number of nitro groups is 1. The van der Waals surface area contributed by atoms with Crippen LogP contribution in [0.4, 0.5) is 5.69 Å². The normalized spacial score (nSPS) is 10.0. The fourth-order valence-corrected chi connectivity index (χ4v) is 1.77. The molecule has 0 aliphatic rings. The number of amides is 1. The Kier molecular flexibility index (Phi) is 5.50. The number of rotatable bonds is 7. The highest BCUT2D eigenvalue weighted by molar-refractivity contribution is 5.93. The maximum Gasteiger partial charge on any atom is 0.325 e. The molecule has 24 heavy (non-hydrogen) atoms. The topological polar surface area (TPSA) is 121 Å². The predicted molar refractivity (Wildman–Crippen MR) is 80.5 cm³/mol. The Morgan fingerprint density at radius 3 is 2.71 bits per heavy atom. The number of hydrogen-bond donors (Lipinski definition) is 1. The first-order valence-corrected chi connectivity index (χ1v) is 6.81. The number of nitrogens with one attached hydrogen (secondary N) is 1. The summed E-state index contributed by atoms with van der Waals surface area (Å²) < 4.78 is 15.0. The lowest BCUT2D eigenvalue weighted by molar-refractivity contribution is -0.386. The van der Waals surface area contributed by atoms with Gasteiger partial charge in [-0.25, -0.2) is 0 Å². The van der Waals surface area contributed by atoms with E-state index >= 15 is 0 Å². The van der Waals surface area contributed by atoms with E-state index in [2.05, 4.69) is 10.1 Å². The van der Waals surface area contributed by atoms with Gasteiger partial charge in [0.2, 0.25) is 0 Å². The van der Waals surface area contributed by atoms with Crippen molar-refractivity contribution in [1.82, 2.24) is 5.32 Å². The van der Waals surface area contributed by atoms with E-state index in [-0.39, 0.29) is 30.3 Å². The largest absolute Gasteiger partial charge is 0.479 e. The molecule has 9 nitrogen and oxygen atoms in total. The fraction of sp³-hybridized carbons (Fsp3) is 0.200. The lowest BCUT2D eigenvalue weighted by Gasteiger charge is -2.04. The van der Waals surface area contributed by atoms with E-state index < -0.39 is 16.8 Å². The van der Waals surface area contributed by atoms with Crippen LogP contribution in [0.5, 0.6) is 5.75 Å². The highest BCUT2D eigenvalue weighted by Gasteiger charge is 2.16. The minimum Gasteiger partial charge on any atom is -0.479 e.